The SMILES string of the molecule is CNCCN(C(=O)OC(C)(C)C)c1ccc(F)cc1. The highest BCUT2D eigenvalue weighted by Gasteiger charge is 2.22. The van der Waals surface area contributed by atoms with Gasteiger partial charge in [-0.25, -0.2) is 9.18 Å². The van der Waals surface area contributed by atoms with Crippen molar-refractivity contribution in [1.29, 1.82) is 0 Å². The summed E-state index contributed by atoms with van der Waals surface area (Å²) in [6, 6.07) is 5.78. The molecule has 106 valence electrons. The van der Waals surface area contributed by atoms with E-state index in [1.165, 1.54) is 17.0 Å². The molecule has 0 bridgehead atoms. The molecule has 0 heterocycles. The van der Waals surface area contributed by atoms with Gasteiger partial charge in [0.1, 0.15) is 11.4 Å². The summed E-state index contributed by atoms with van der Waals surface area (Å²) in [5, 5.41) is 2.97. The van der Waals surface area contributed by atoms with E-state index in [1.807, 2.05) is 20.8 Å². The molecule has 5 heteroatoms. The molecule has 0 spiro atoms. The van der Waals surface area contributed by atoms with Crippen LogP contribution < -0.4 is 10.2 Å². The second-order valence-corrected chi connectivity index (χ2v) is 5.21. The molecular formula is C14H21FN2O2. The highest BCUT2D eigenvalue weighted by Crippen LogP contribution is 2.18. The minimum absolute atomic E-state index is 0.332. The van der Waals surface area contributed by atoms with E-state index in [1.54, 1.807) is 19.2 Å². The summed E-state index contributed by atoms with van der Waals surface area (Å²) < 4.78 is 18.3. The van der Waals surface area contributed by atoms with Crippen LogP contribution in [0.1, 0.15) is 20.8 Å². The summed E-state index contributed by atoms with van der Waals surface area (Å²) in [4.78, 5) is 13.6. The van der Waals surface area contributed by atoms with Gasteiger partial charge in [-0.2, -0.15) is 0 Å². The molecule has 4 nitrogen and oxygen atoms in total. The molecular weight excluding hydrogens is 247 g/mol. The Morgan fingerprint density at radius 1 is 1.32 bits per heavy atom. The topological polar surface area (TPSA) is 41.6 Å². The summed E-state index contributed by atoms with van der Waals surface area (Å²) in [5.74, 6) is -0.332. The Kier molecular flexibility index (Phi) is 5.30. The van der Waals surface area contributed by atoms with Gasteiger partial charge in [-0.1, -0.05) is 0 Å². The number of hydrogen-bond donors (Lipinski definition) is 1. The maximum atomic E-state index is 12.9. The molecule has 1 aromatic carbocycles. The fourth-order valence-electron chi connectivity index (χ4n) is 1.49. The average Bonchev–Trinajstić information content (AvgIpc) is 2.29. The fourth-order valence-corrected chi connectivity index (χ4v) is 1.49. The first-order valence-corrected chi connectivity index (χ1v) is 6.24. The van der Waals surface area contributed by atoms with Crippen molar-refractivity contribution >= 4 is 11.8 Å². The number of hydrogen-bond acceptors (Lipinski definition) is 3. The maximum absolute atomic E-state index is 12.9. The van der Waals surface area contributed by atoms with E-state index in [0.717, 1.165) is 0 Å². The average molecular weight is 268 g/mol. The molecule has 1 N–H and O–H groups in total. The number of anilines is 1. The molecule has 1 amide bonds. The zero-order valence-electron chi connectivity index (χ0n) is 11.9. The van der Waals surface area contributed by atoms with Gasteiger partial charge in [0.15, 0.2) is 0 Å². The Morgan fingerprint density at radius 3 is 2.37 bits per heavy atom. The maximum Gasteiger partial charge on any atom is 0.414 e. The van der Waals surface area contributed by atoms with E-state index in [2.05, 4.69) is 5.32 Å². The summed E-state index contributed by atoms with van der Waals surface area (Å²) in [6.45, 7) is 6.51. The highest BCUT2D eigenvalue weighted by molar-refractivity contribution is 5.87. The van der Waals surface area contributed by atoms with Crippen LogP contribution in [0.2, 0.25) is 0 Å². The molecule has 0 saturated heterocycles. The lowest BCUT2D eigenvalue weighted by Gasteiger charge is -2.27. The van der Waals surface area contributed by atoms with Crippen LogP contribution in [0.3, 0.4) is 0 Å². The summed E-state index contributed by atoms with van der Waals surface area (Å²) in [5.41, 5.74) is 0.0561. The largest absolute Gasteiger partial charge is 0.443 e. The summed E-state index contributed by atoms with van der Waals surface area (Å²) in [6.07, 6.45) is -0.436. The molecule has 1 rings (SSSR count). The van der Waals surface area contributed by atoms with Crippen molar-refractivity contribution in [3.63, 3.8) is 0 Å². The van der Waals surface area contributed by atoms with Crippen LogP contribution in [0, 0.1) is 5.82 Å². The molecule has 0 aliphatic rings. The standard InChI is InChI=1S/C14H21FN2O2/c1-14(2,3)19-13(18)17(10-9-16-4)12-7-5-11(15)6-8-12/h5-8,16H,9-10H2,1-4H3. The molecule has 19 heavy (non-hydrogen) atoms. The van der Waals surface area contributed by atoms with Gasteiger partial charge in [-0.3, -0.25) is 4.90 Å². The number of halogens is 1. The minimum Gasteiger partial charge on any atom is -0.443 e. The van der Waals surface area contributed by atoms with Crippen LogP contribution in [0.5, 0.6) is 0 Å². The number of nitrogens with zero attached hydrogens (tertiary/aromatic N) is 1. The zero-order chi connectivity index (χ0) is 14.5. The molecule has 0 saturated carbocycles. The zero-order valence-corrected chi connectivity index (χ0v) is 11.9. The number of benzene rings is 1. The van der Waals surface area contributed by atoms with Gasteiger partial charge in [-0.15, -0.1) is 0 Å². The summed E-state index contributed by atoms with van der Waals surface area (Å²) >= 11 is 0. The Balaban J connectivity index is 2.87. The Hall–Kier alpha value is -1.62. The third kappa shape index (κ3) is 5.26. The fraction of sp³-hybridized carbons (Fsp3) is 0.500. The van der Waals surface area contributed by atoms with Gasteiger partial charge >= 0.3 is 6.09 Å². The van der Waals surface area contributed by atoms with E-state index < -0.39 is 11.7 Å². The normalized spacial score (nSPS) is 11.2. The Morgan fingerprint density at radius 2 is 1.89 bits per heavy atom. The van der Waals surface area contributed by atoms with E-state index in [4.69, 9.17) is 4.74 Å². The van der Waals surface area contributed by atoms with Crippen molar-refractivity contribution < 1.29 is 13.9 Å². The molecule has 0 aliphatic heterocycles. The van der Waals surface area contributed by atoms with Crippen LogP contribution in [0.15, 0.2) is 24.3 Å². The Labute approximate surface area is 113 Å². The molecule has 0 aliphatic carbocycles. The number of carbonyl (C=O) groups excluding carboxylic acids is 1. The molecule has 0 radical (unpaired) electrons. The molecule has 0 aromatic heterocycles. The number of amides is 1. The lowest BCUT2D eigenvalue weighted by atomic mass is 10.2. The van der Waals surface area contributed by atoms with Crippen LogP contribution in [0.25, 0.3) is 0 Å². The smallest absolute Gasteiger partial charge is 0.414 e. The lowest BCUT2D eigenvalue weighted by molar-refractivity contribution is 0.0581. The van der Waals surface area contributed by atoms with Gasteiger partial charge in [0, 0.05) is 18.8 Å². The minimum atomic E-state index is -0.561. The first-order chi connectivity index (χ1) is 8.83. The van der Waals surface area contributed by atoms with Crippen LogP contribution in [0.4, 0.5) is 14.9 Å². The molecule has 1 aromatic rings. The Bertz CT molecular complexity index is 412. The van der Waals surface area contributed by atoms with E-state index in [-0.39, 0.29) is 5.82 Å². The van der Waals surface area contributed by atoms with Crippen molar-refractivity contribution in [3.8, 4) is 0 Å². The van der Waals surface area contributed by atoms with Gasteiger partial charge in [0.05, 0.1) is 0 Å². The number of carbonyl (C=O) groups is 1. The van der Waals surface area contributed by atoms with Crippen LogP contribution in [-0.2, 0) is 4.74 Å². The second-order valence-electron chi connectivity index (χ2n) is 5.21. The van der Waals surface area contributed by atoms with Gasteiger partial charge in [-0.05, 0) is 52.1 Å². The van der Waals surface area contributed by atoms with Crippen molar-refractivity contribution in [2.24, 2.45) is 0 Å². The van der Waals surface area contributed by atoms with Crippen molar-refractivity contribution in [2.75, 3.05) is 25.0 Å². The van der Waals surface area contributed by atoms with Crippen LogP contribution >= 0.6 is 0 Å². The molecule has 0 unspecified atom stereocenters. The van der Waals surface area contributed by atoms with Crippen molar-refractivity contribution in [1.82, 2.24) is 5.32 Å². The van der Waals surface area contributed by atoms with Gasteiger partial charge < -0.3 is 10.1 Å². The number of ether oxygens (including phenoxy) is 1. The third-order valence-electron chi connectivity index (χ3n) is 2.34. The van der Waals surface area contributed by atoms with E-state index in [9.17, 15) is 9.18 Å². The number of likely N-dealkylation sites (N-methyl/N-ethyl adjacent to an activating group) is 1. The quantitative estimate of drug-likeness (QED) is 0.913. The monoisotopic (exact) mass is 268 g/mol. The van der Waals surface area contributed by atoms with Gasteiger partial charge in [0.2, 0.25) is 0 Å². The predicted molar refractivity (Wildman–Crippen MR) is 73.9 cm³/mol. The lowest BCUT2D eigenvalue weighted by Crippen LogP contribution is -2.40. The van der Waals surface area contributed by atoms with Crippen LogP contribution in [-0.4, -0.2) is 31.8 Å². The third-order valence-corrected chi connectivity index (χ3v) is 2.34. The molecule has 0 atom stereocenters. The first-order valence-electron chi connectivity index (χ1n) is 6.24. The van der Waals surface area contributed by atoms with Crippen molar-refractivity contribution in [3.05, 3.63) is 30.1 Å². The highest BCUT2D eigenvalue weighted by atomic mass is 19.1. The number of rotatable bonds is 4. The van der Waals surface area contributed by atoms with E-state index >= 15 is 0 Å². The summed E-state index contributed by atoms with van der Waals surface area (Å²) in [7, 11) is 1.80. The first kappa shape index (κ1) is 15.4. The van der Waals surface area contributed by atoms with E-state index in [0.29, 0.717) is 18.8 Å². The van der Waals surface area contributed by atoms with Crippen molar-refractivity contribution in [2.45, 2.75) is 26.4 Å². The van der Waals surface area contributed by atoms with Gasteiger partial charge in [0.25, 0.3) is 0 Å². The second kappa shape index (κ2) is 6.52. The number of nitrogens with one attached hydrogen (secondary N) is 1. The molecule has 0 fully saturated rings. The predicted octanol–water partition coefficient (Wildman–Crippen LogP) is 2.79.